The lowest BCUT2D eigenvalue weighted by Gasteiger charge is -2.13. The summed E-state index contributed by atoms with van der Waals surface area (Å²) in [5.74, 6) is -1.32. The second kappa shape index (κ2) is 5.88. The molecule has 1 atom stereocenters. The molecule has 1 aromatic heterocycles. The summed E-state index contributed by atoms with van der Waals surface area (Å²) in [6, 6.07) is 6.71. The van der Waals surface area contributed by atoms with Crippen LogP contribution in [0.4, 0.5) is 0 Å². The van der Waals surface area contributed by atoms with Crippen LogP contribution in [0.15, 0.2) is 30.5 Å². The zero-order chi connectivity index (χ0) is 14.7. The summed E-state index contributed by atoms with van der Waals surface area (Å²) in [6.45, 7) is 1.64. The number of fused-ring (bicyclic) bond motifs is 1. The van der Waals surface area contributed by atoms with Gasteiger partial charge in [-0.2, -0.15) is 0 Å². The number of nitrogens with zero attached hydrogens (tertiary/aromatic N) is 1. The number of halogens is 1. The molecule has 0 aliphatic carbocycles. The molecule has 20 heavy (non-hydrogen) atoms. The smallest absolute Gasteiger partial charge is 0.305 e. The number of aromatic nitrogens is 1. The van der Waals surface area contributed by atoms with Gasteiger partial charge in [0.05, 0.1) is 12.0 Å². The Morgan fingerprint density at radius 1 is 1.35 bits per heavy atom. The number of pyridine rings is 1. The summed E-state index contributed by atoms with van der Waals surface area (Å²) >= 11 is 5.99. The summed E-state index contributed by atoms with van der Waals surface area (Å²) in [7, 11) is 0. The predicted octanol–water partition coefficient (Wildman–Crippen LogP) is 2.48. The van der Waals surface area contributed by atoms with Gasteiger partial charge in [0.15, 0.2) is 0 Å². The molecule has 1 amide bonds. The molecule has 1 unspecified atom stereocenters. The maximum Gasteiger partial charge on any atom is 0.305 e. The number of benzene rings is 1. The fourth-order valence-electron chi connectivity index (χ4n) is 1.95. The highest BCUT2D eigenvalue weighted by Gasteiger charge is 2.16. The van der Waals surface area contributed by atoms with E-state index in [1.54, 1.807) is 25.1 Å². The number of hydrogen-bond acceptors (Lipinski definition) is 3. The predicted molar refractivity (Wildman–Crippen MR) is 75.9 cm³/mol. The highest BCUT2D eigenvalue weighted by molar-refractivity contribution is 6.34. The number of aliphatic carboxylic acids is 1. The second-order valence-corrected chi connectivity index (χ2v) is 4.84. The number of rotatable bonds is 4. The zero-order valence-electron chi connectivity index (χ0n) is 10.8. The van der Waals surface area contributed by atoms with Gasteiger partial charge in [-0.25, -0.2) is 4.98 Å². The van der Waals surface area contributed by atoms with Crippen LogP contribution in [-0.2, 0) is 4.79 Å². The van der Waals surface area contributed by atoms with Crippen LogP contribution < -0.4 is 5.32 Å². The molecule has 2 rings (SSSR count). The molecule has 0 fully saturated rings. The minimum atomic E-state index is -0.961. The fourth-order valence-corrected chi connectivity index (χ4v) is 2.17. The largest absolute Gasteiger partial charge is 0.481 e. The van der Waals surface area contributed by atoms with E-state index in [4.69, 9.17) is 16.7 Å². The van der Waals surface area contributed by atoms with Crippen molar-refractivity contribution in [2.24, 2.45) is 0 Å². The first-order chi connectivity index (χ1) is 9.49. The summed E-state index contributed by atoms with van der Waals surface area (Å²) in [5, 5.41) is 13.0. The Hall–Kier alpha value is -2.14. The highest BCUT2D eigenvalue weighted by atomic mass is 35.5. The van der Waals surface area contributed by atoms with Crippen LogP contribution in [0.25, 0.3) is 10.8 Å². The van der Waals surface area contributed by atoms with Crippen LogP contribution in [0.1, 0.15) is 23.7 Å². The molecule has 1 heterocycles. The van der Waals surface area contributed by atoms with Gasteiger partial charge in [-0.1, -0.05) is 35.9 Å². The molecule has 2 aromatic rings. The number of carbonyl (C=O) groups excluding carboxylic acids is 1. The van der Waals surface area contributed by atoms with Crippen molar-refractivity contribution in [3.05, 3.63) is 41.2 Å². The second-order valence-electron chi connectivity index (χ2n) is 4.48. The number of nitrogens with one attached hydrogen (secondary N) is 1. The van der Waals surface area contributed by atoms with Crippen LogP contribution in [0, 0.1) is 0 Å². The molecular weight excluding hydrogens is 280 g/mol. The van der Waals surface area contributed by atoms with Crippen LogP contribution >= 0.6 is 11.6 Å². The van der Waals surface area contributed by atoms with E-state index >= 15 is 0 Å². The number of amides is 1. The Kier molecular flexibility index (Phi) is 4.20. The Morgan fingerprint density at radius 3 is 2.65 bits per heavy atom. The first-order valence-corrected chi connectivity index (χ1v) is 6.42. The lowest BCUT2D eigenvalue weighted by Crippen LogP contribution is -2.34. The van der Waals surface area contributed by atoms with Crippen molar-refractivity contribution in [1.29, 1.82) is 0 Å². The Balaban J connectivity index is 2.31. The fraction of sp³-hybridized carbons (Fsp3) is 0.214. The normalized spacial score (nSPS) is 12.1. The van der Waals surface area contributed by atoms with Crippen LogP contribution in [-0.4, -0.2) is 28.0 Å². The first-order valence-electron chi connectivity index (χ1n) is 6.05. The summed E-state index contributed by atoms with van der Waals surface area (Å²) in [5.41, 5.74) is 0.377. The van der Waals surface area contributed by atoms with Crippen LogP contribution in [0.5, 0.6) is 0 Å². The van der Waals surface area contributed by atoms with Gasteiger partial charge in [-0.3, -0.25) is 9.59 Å². The number of carboxylic acids is 1. The topological polar surface area (TPSA) is 79.3 Å². The van der Waals surface area contributed by atoms with E-state index < -0.39 is 12.0 Å². The molecule has 0 aliphatic heterocycles. The van der Waals surface area contributed by atoms with Gasteiger partial charge in [-0.05, 0) is 12.3 Å². The molecular formula is C14H13ClN2O3. The molecule has 104 valence electrons. The van der Waals surface area contributed by atoms with E-state index in [0.29, 0.717) is 21.5 Å². The Morgan fingerprint density at radius 2 is 2.00 bits per heavy atom. The third kappa shape index (κ3) is 3.05. The first kappa shape index (κ1) is 14.3. The minimum Gasteiger partial charge on any atom is -0.481 e. The van der Waals surface area contributed by atoms with Crippen molar-refractivity contribution in [3.63, 3.8) is 0 Å². The Labute approximate surface area is 120 Å². The molecule has 0 spiro atoms. The van der Waals surface area contributed by atoms with Gasteiger partial charge >= 0.3 is 5.97 Å². The number of carboxylic acid groups (broad SMARTS) is 1. The zero-order valence-corrected chi connectivity index (χ0v) is 11.5. The van der Waals surface area contributed by atoms with Crippen molar-refractivity contribution >= 4 is 34.2 Å². The van der Waals surface area contributed by atoms with E-state index in [1.165, 1.54) is 6.20 Å². The number of carbonyl (C=O) groups is 2. The van der Waals surface area contributed by atoms with E-state index in [0.717, 1.165) is 0 Å². The maximum atomic E-state index is 12.2. The molecule has 0 bridgehead atoms. The minimum absolute atomic E-state index is 0.134. The Bertz CT molecular complexity index is 673. The third-order valence-corrected chi connectivity index (χ3v) is 3.15. The monoisotopic (exact) mass is 292 g/mol. The molecule has 1 aromatic carbocycles. The molecule has 0 saturated heterocycles. The molecule has 5 nitrogen and oxygen atoms in total. The van der Waals surface area contributed by atoms with Gasteiger partial charge in [0, 0.05) is 17.6 Å². The van der Waals surface area contributed by atoms with Gasteiger partial charge in [0.2, 0.25) is 0 Å². The van der Waals surface area contributed by atoms with E-state index in [2.05, 4.69) is 10.3 Å². The van der Waals surface area contributed by atoms with Crippen LogP contribution in [0.2, 0.25) is 5.15 Å². The van der Waals surface area contributed by atoms with Crippen molar-refractivity contribution in [3.8, 4) is 0 Å². The third-order valence-electron chi connectivity index (χ3n) is 2.85. The lowest BCUT2D eigenvalue weighted by atomic mass is 10.1. The maximum absolute atomic E-state index is 12.2. The standard InChI is InChI=1S/C14H13ClN2O3/c1-8(6-12(18)19)17-14(20)11-7-16-13(15)10-5-3-2-4-9(10)11/h2-5,7-8H,6H2,1H3,(H,17,20)(H,18,19). The van der Waals surface area contributed by atoms with Crippen molar-refractivity contribution in [1.82, 2.24) is 10.3 Å². The van der Waals surface area contributed by atoms with Crippen molar-refractivity contribution < 1.29 is 14.7 Å². The summed E-state index contributed by atoms with van der Waals surface area (Å²) in [4.78, 5) is 26.8. The van der Waals surface area contributed by atoms with E-state index in [9.17, 15) is 9.59 Å². The lowest BCUT2D eigenvalue weighted by molar-refractivity contribution is -0.137. The van der Waals surface area contributed by atoms with Crippen molar-refractivity contribution in [2.45, 2.75) is 19.4 Å². The average molecular weight is 293 g/mol. The molecule has 2 N–H and O–H groups in total. The van der Waals surface area contributed by atoms with Gasteiger partial charge < -0.3 is 10.4 Å². The van der Waals surface area contributed by atoms with Gasteiger partial charge in [-0.15, -0.1) is 0 Å². The van der Waals surface area contributed by atoms with Gasteiger partial charge in [0.25, 0.3) is 5.91 Å². The van der Waals surface area contributed by atoms with Gasteiger partial charge in [0.1, 0.15) is 5.15 Å². The molecule has 0 aliphatic rings. The molecule has 0 radical (unpaired) electrons. The summed E-state index contributed by atoms with van der Waals surface area (Å²) < 4.78 is 0. The SMILES string of the molecule is CC(CC(=O)O)NC(=O)c1cnc(Cl)c2ccccc12. The molecule has 0 saturated carbocycles. The highest BCUT2D eigenvalue weighted by Crippen LogP contribution is 2.24. The van der Waals surface area contributed by atoms with E-state index in [-0.39, 0.29) is 12.3 Å². The summed E-state index contributed by atoms with van der Waals surface area (Å²) in [6.07, 6.45) is 1.26. The quantitative estimate of drug-likeness (QED) is 0.849. The molecule has 6 heteroatoms. The van der Waals surface area contributed by atoms with Crippen molar-refractivity contribution in [2.75, 3.05) is 0 Å². The average Bonchev–Trinajstić information content (AvgIpc) is 2.38. The van der Waals surface area contributed by atoms with E-state index in [1.807, 2.05) is 6.07 Å². The van der Waals surface area contributed by atoms with Crippen LogP contribution in [0.3, 0.4) is 0 Å². The number of hydrogen-bond donors (Lipinski definition) is 2.